The molecule has 0 amide bonds. The van der Waals surface area contributed by atoms with E-state index in [1.165, 1.54) is 24.7 Å². The monoisotopic (exact) mass is 577 g/mol. The maximum absolute atomic E-state index is 13.9. The van der Waals surface area contributed by atoms with Crippen LogP contribution in [0.2, 0.25) is 0 Å². The minimum Gasteiger partial charge on any atom is -0.464 e. The number of aliphatic hydroxyl groups excluding tert-OH is 2. The summed E-state index contributed by atoms with van der Waals surface area (Å²) < 4.78 is 38.2. The number of nitrogens with zero attached hydrogens (tertiary/aromatic N) is 3. The Hall–Kier alpha value is -3.06. The number of benzene rings is 1. The molecule has 0 spiro atoms. The van der Waals surface area contributed by atoms with Crippen molar-refractivity contribution >= 4 is 25.1 Å². The van der Waals surface area contributed by atoms with E-state index in [0.29, 0.717) is 11.2 Å². The number of para-hydroxylation sites is 1. The van der Waals surface area contributed by atoms with Gasteiger partial charge in [0.15, 0.2) is 5.82 Å². The summed E-state index contributed by atoms with van der Waals surface area (Å²) in [5, 5.41) is 28.7. The van der Waals surface area contributed by atoms with E-state index in [1.54, 1.807) is 42.5 Å². The predicted octanol–water partition coefficient (Wildman–Crippen LogP) is 2.63. The van der Waals surface area contributed by atoms with Crippen molar-refractivity contribution in [3.05, 3.63) is 54.5 Å². The average molecular weight is 578 g/mol. The van der Waals surface area contributed by atoms with Gasteiger partial charge in [-0.05, 0) is 43.5 Å². The van der Waals surface area contributed by atoms with E-state index < -0.39 is 50.3 Å². The van der Waals surface area contributed by atoms with Crippen molar-refractivity contribution < 1.29 is 38.1 Å². The number of esters is 1. The van der Waals surface area contributed by atoms with Gasteiger partial charge in [0, 0.05) is 0 Å². The van der Waals surface area contributed by atoms with Gasteiger partial charge in [0.25, 0.3) is 0 Å². The first-order chi connectivity index (χ1) is 18.7. The molecule has 1 saturated heterocycles. The van der Waals surface area contributed by atoms with Crippen molar-refractivity contribution in [3.8, 4) is 5.75 Å². The van der Waals surface area contributed by atoms with E-state index in [1.807, 2.05) is 20.8 Å². The molecule has 0 aliphatic carbocycles. The number of nitrogens with two attached hydrogens (primary N) is 1. The molecule has 1 aromatic carbocycles. The first kappa shape index (κ1) is 29.9. The molecule has 218 valence electrons. The van der Waals surface area contributed by atoms with Gasteiger partial charge in [0.2, 0.25) is 0 Å². The summed E-state index contributed by atoms with van der Waals surface area (Å²) in [6.07, 6.45) is -2.57. The highest BCUT2D eigenvalue weighted by atomic mass is 31.2. The Bertz CT molecular complexity index is 1380. The molecule has 1 aliphatic rings. The number of fused-ring (bicyclic) bond motifs is 1. The standard InChI is InChI=1S/C26H36N5O8P/c1-16(24(34)36-13-25(2,3)4)30-40(35,39-17-9-7-6-8-10-17)37-14-26(5)22(33)20(32)21(38-26)18-11-12-19-23(27)28-15-29-31(18)19/h6-12,15-16,20-22,32-33H,13-14H2,1-5H3,(H,30,35)(H2,27,28,29)/t16-,20+,21+,22+,26-,40?/m1/s1. The predicted molar refractivity (Wildman–Crippen MR) is 145 cm³/mol. The van der Waals surface area contributed by atoms with E-state index in [-0.39, 0.29) is 23.6 Å². The zero-order chi connectivity index (χ0) is 29.3. The summed E-state index contributed by atoms with van der Waals surface area (Å²) in [7, 11) is -4.25. The van der Waals surface area contributed by atoms with Gasteiger partial charge in [-0.1, -0.05) is 39.0 Å². The lowest BCUT2D eigenvalue weighted by Crippen LogP contribution is -2.45. The number of hydrogen-bond donors (Lipinski definition) is 4. The summed E-state index contributed by atoms with van der Waals surface area (Å²) in [5.41, 5.74) is 5.06. The number of ether oxygens (including phenoxy) is 2. The first-order valence-electron chi connectivity index (χ1n) is 12.8. The van der Waals surface area contributed by atoms with Gasteiger partial charge in [-0.15, -0.1) is 0 Å². The molecule has 2 aromatic heterocycles. The third kappa shape index (κ3) is 6.63. The molecule has 5 N–H and O–H groups in total. The number of nitrogen functional groups attached to an aromatic ring is 1. The number of carbonyl (C=O) groups excluding carboxylic acids is 1. The largest absolute Gasteiger partial charge is 0.464 e. The summed E-state index contributed by atoms with van der Waals surface area (Å²) in [6, 6.07) is 10.6. The normalized spacial score (nSPS) is 25.4. The van der Waals surface area contributed by atoms with Crippen LogP contribution in [0.5, 0.6) is 5.75 Å². The molecule has 0 radical (unpaired) electrons. The third-order valence-electron chi connectivity index (χ3n) is 6.30. The van der Waals surface area contributed by atoms with Crippen molar-refractivity contribution in [2.24, 2.45) is 5.41 Å². The topological polar surface area (TPSA) is 180 Å². The first-order valence-corrected chi connectivity index (χ1v) is 14.3. The molecular weight excluding hydrogens is 541 g/mol. The third-order valence-corrected chi connectivity index (χ3v) is 7.92. The summed E-state index contributed by atoms with van der Waals surface area (Å²) in [6.45, 7) is 8.42. The molecule has 0 bridgehead atoms. The highest BCUT2D eigenvalue weighted by molar-refractivity contribution is 7.52. The van der Waals surface area contributed by atoms with Crippen LogP contribution in [0, 0.1) is 5.41 Å². The Labute approximate surface area is 232 Å². The smallest absolute Gasteiger partial charge is 0.459 e. The van der Waals surface area contributed by atoms with Gasteiger partial charge in [-0.25, -0.2) is 14.1 Å². The fourth-order valence-electron chi connectivity index (χ4n) is 4.13. The molecule has 3 aromatic rings. The molecule has 14 heteroatoms. The van der Waals surface area contributed by atoms with Crippen LogP contribution in [0.15, 0.2) is 48.8 Å². The van der Waals surface area contributed by atoms with Gasteiger partial charge >= 0.3 is 13.7 Å². The Morgan fingerprint density at radius 3 is 2.62 bits per heavy atom. The molecule has 6 atom stereocenters. The number of nitrogens with one attached hydrogen (secondary N) is 1. The van der Waals surface area contributed by atoms with Crippen LogP contribution in [0.3, 0.4) is 0 Å². The zero-order valence-electron chi connectivity index (χ0n) is 23.1. The quantitative estimate of drug-likeness (QED) is 0.205. The summed E-state index contributed by atoms with van der Waals surface area (Å²) in [4.78, 5) is 16.6. The van der Waals surface area contributed by atoms with Gasteiger partial charge < -0.3 is 29.9 Å². The minimum absolute atomic E-state index is 0.158. The van der Waals surface area contributed by atoms with E-state index in [0.717, 1.165) is 0 Å². The van der Waals surface area contributed by atoms with Crippen molar-refractivity contribution in [2.45, 2.75) is 64.6 Å². The van der Waals surface area contributed by atoms with Crippen molar-refractivity contribution in [1.82, 2.24) is 19.7 Å². The lowest BCUT2D eigenvalue weighted by atomic mass is 9.97. The highest BCUT2D eigenvalue weighted by Gasteiger charge is 2.54. The molecule has 40 heavy (non-hydrogen) atoms. The maximum atomic E-state index is 13.9. The Morgan fingerprint density at radius 1 is 1.25 bits per heavy atom. The number of hydrogen-bond acceptors (Lipinski definition) is 11. The Morgan fingerprint density at radius 2 is 1.95 bits per heavy atom. The maximum Gasteiger partial charge on any atom is 0.459 e. The van der Waals surface area contributed by atoms with Crippen molar-refractivity contribution in [2.75, 3.05) is 18.9 Å². The molecule has 13 nitrogen and oxygen atoms in total. The van der Waals surface area contributed by atoms with Crippen LogP contribution in [0.4, 0.5) is 5.82 Å². The van der Waals surface area contributed by atoms with Gasteiger partial charge in [0.1, 0.15) is 47.5 Å². The van der Waals surface area contributed by atoms with Crippen molar-refractivity contribution in [1.29, 1.82) is 0 Å². The fraction of sp³-hybridized carbons (Fsp3) is 0.500. The molecule has 0 saturated carbocycles. The van der Waals surface area contributed by atoms with E-state index >= 15 is 0 Å². The second-order valence-corrected chi connectivity index (χ2v) is 12.9. The van der Waals surface area contributed by atoms with Crippen LogP contribution >= 0.6 is 7.75 Å². The molecule has 1 unspecified atom stereocenters. The second kappa shape index (κ2) is 11.4. The van der Waals surface area contributed by atoms with Crippen molar-refractivity contribution in [3.63, 3.8) is 0 Å². The number of rotatable bonds is 10. The summed E-state index contributed by atoms with van der Waals surface area (Å²) >= 11 is 0. The lowest BCUT2D eigenvalue weighted by molar-refractivity contribution is -0.148. The number of carbonyl (C=O) groups is 1. The van der Waals surface area contributed by atoms with Crippen LogP contribution in [-0.2, 0) is 23.4 Å². The zero-order valence-corrected chi connectivity index (χ0v) is 23.9. The van der Waals surface area contributed by atoms with Crippen LogP contribution in [0.1, 0.15) is 46.4 Å². The Balaban J connectivity index is 1.53. The van der Waals surface area contributed by atoms with Crippen LogP contribution in [-0.4, -0.2) is 67.8 Å². The number of aromatic nitrogens is 3. The van der Waals surface area contributed by atoms with E-state index in [9.17, 15) is 19.6 Å². The summed E-state index contributed by atoms with van der Waals surface area (Å²) in [5.74, 6) is -0.183. The second-order valence-electron chi connectivity index (χ2n) is 11.2. The molecule has 1 aliphatic heterocycles. The fourth-order valence-corrected chi connectivity index (χ4v) is 5.71. The van der Waals surface area contributed by atoms with Crippen LogP contribution < -0.4 is 15.3 Å². The Kier molecular flexibility index (Phi) is 8.55. The lowest BCUT2D eigenvalue weighted by Gasteiger charge is -2.30. The SMILES string of the molecule is C[C@@H](NP(=O)(OC[C@@]1(C)O[C@@H](c2ccc3c(N)ncnn23)[C@H](O)[C@@H]1O)Oc1ccccc1)C(=O)OCC(C)(C)C. The number of anilines is 1. The average Bonchev–Trinajstić information content (AvgIpc) is 3.42. The molecule has 1 fully saturated rings. The van der Waals surface area contributed by atoms with Gasteiger partial charge in [-0.2, -0.15) is 10.2 Å². The molecular formula is C26H36N5O8P. The minimum atomic E-state index is -4.25. The van der Waals surface area contributed by atoms with E-state index in [4.69, 9.17) is 24.3 Å². The molecule has 3 heterocycles. The van der Waals surface area contributed by atoms with E-state index in [2.05, 4.69) is 15.2 Å². The van der Waals surface area contributed by atoms with Gasteiger partial charge in [-0.3, -0.25) is 9.32 Å². The number of aliphatic hydroxyl groups is 2. The highest BCUT2D eigenvalue weighted by Crippen LogP contribution is 2.48. The van der Waals surface area contributed by atoms with Gasteiger partial charge in [0.05, 0.1) is 18.9 Å². The van der Waals surface area contributed by atoms with Crippen LogP contribution in [0.25, 0.3) is 5.52 Å². The molecule has 4 rings (SSSR count).